The Hall–Kier alpha value is -2.93. The zero-order valence-electron chi connectivity index (χ0n) is 15.7. The van der Waals surface area contributed by atoms with Crippen LogP contribution in [-0.4, -0.2) is 23.0 Å². The van der Waals surface area contributed by atoms with Crippen molar-refractivity contribution in [2.75, 3.05) is 10.6 Å². The van der Waals surface area contributed by atoms with Gasteiger partial charge in [0.05, 0.1) is 15.2 Å². The summed E-state index contributed by atoms with van der Waals surface area (Å²) in [7, 11) is 0. The second-order valence-corrected chi connectivity index (χ2v) is 7.78. The highest BCUT2D eigenvalue weighted by molar-refractivity contribution is 7.18. The Morgan fingerprint density at radius 2 is 1.85 bits per heavy atom. The molecule has 27 heavy (non-hydrogen) atoms. The van der Waals surface area contributed by atoms with Crippen molar-refractivity contribution in [2.24, 2.45) is 0 Å². The van der Waals surface area contributed by atoms with Gasteiger partial charge in [-0.2, -0.15) is 0 Å². The number of nitrogens with one attached hydrogen (secondary N) is 3. The van der Waals surface area contributed by atoms with Gasteiger partial charge in [0.1, 0.15) is 6.04 Å². The summed E-state index contributed by atoms with van der Waals surface area (Å²) in [4.78, 5) is 28.8. The van der Waals surface area contributed by atoms with Gasteiger partial charge in [-0.25, -0.2) is 9.78 Å². The summed E-state index contributed by atoms with van der Waals surface area (Å²) >= 11 is 1.60. The Morgan fingerprint density at radius 1 is 1.07 bits per heavy atom. The molecule has 2 aromatic carbocycles. The highest BCUT2D eigenvalue weighted by Crippen LogP contribution is 2.25. The molecule has 0 aliphatic heterocycles. The van der Waals surface area contributed by atoms with Crippen molar-refractivity contribution in [2.45, 2.75) is 33.7 Å². The van der Waals surface area contributed by atoms with E-state index in [1.54, 1.807) is 18.3 Å². The maximum absolute atomic E-state index is 12.3. The zero-order valence-corrected chi connectivity index (χ0v) is 16.5. The van der Waals surface area contributed by atoms with E-state index in [2.05, 4.69) is 20.9 Å². The van der Waals surface area contributed by atoms with Crippen molar-refractivity contribution in [3.8, 4) is 0 Å². The molecule has 140 valence electrons. The molecule has 0 saturated heterocycles. The van der Waals surface area contributed by atoms with Crippen LogP contribution in [0, 0.1) is 20.8 Å². The number of hydrogen-bond donors (Lipinski definition) is 3. The van der Waals surface area contributed by atoms with Gasteiger partial charge in [0.2, 0.25) is 5.91 Å². The first-order chi connectivity index (χ1) is 12.8. The maximum atomic E-state index is 12.3. The molecule has 0 bridgehead atoms. The molecule has 3 N–H and O–H groups in total. The molecule has 1 atom stereocenters. The van der Waals surface area contributed by atoms with Gasteiger partial charge >= 0.3 is 6.03 Å². The summed E-state index contributed by atoms with van der Waals surface area (Å²) in [5.41, 5.74) is 4.48. The number of benzene rings is 2. The van der Waals surface area contributed by atoms with Gasteiger partial charge in [-0.3, -0.25) is 10.1 Å². The van der Waals surface area contributed by atoms with E-state index >= 15 is 0 Å². The molecule has 0 aliphatic rings. The SMILES string of the molecule is Cc1ccc(NC(=O)NC(=O)C(C)Nc2ccc3nc(C)sc3c2)c(C)c1. The number of carbonyl (C=O) groups excluding carboxylic acids is 2. The number of rotatable bonds is 4. The van der Waals surface area contributed by atoms with Gasteiger partial charge < -0.3 is 10.6 Å². The molecule has 0 aliphatic carbocycles. The first-order valence-corrected chi connectivity index (χ1v) is 9.46. The summed E-state index contributed by atoms with van der Waals surface area (Å²) in [5, 5.41) is 9.19. The molecular formula is C20H22N4O2S. The third-order valence-corrected chi connectivity index (χ3v) is 5.07. The van der Waals surface area contributed by atoms with Gasteiger partial charge in [0.15, 0.2) is 0 Å². The molecule has 0 radical (unpaired) electrons. The van der Waals surface area contributed by atoms with E-state index in [0.717, 1.165) is 32.0 Å². The Labute approximate surface area is 162 Å². The average molecular weight is 382 g/mol. The van der Waals surface area contributed by atoms with Gasteiger partial charge in [-0.05, 0) is 57.5 Å². The lowest BCUT2D eigenvalue weighted by atomic mass is 10.1. The molecule has 3 amide bonds. The number of hydrogen-bond acceptors (Lipinski definition) is 5. The Bertz CT molecular complexity index is 1010. The summed E-state index contributed by atoms with van der Waals surface area (Å²) in [6.45, 7) is 7.56. The van der Waals surface area contributed by atoms with Gasteiger partial charge in [0, 0.05) is 11.4 Å². The largest absolute Gasteiger partial charge is 0.374 e. The van der Waals surface area contributed by atoms with E-state index in [0.29, 0.717) is 5.69 Å². The van der Waals surface area contributed by atoms with Crippen molar-refractivity contribution in [1.82, 2.24) is 10.3 Å². The van der Waals surface area contributed by atoms with E-state index in [4.69, 9.17) is 0 Å². The minimum absolute atomic E-state index is 0.405. The van der Waals surface area contributed by atoms with Crippen LogP contribution in [0.2, 0.25) is 0 Å². The molecular weight excluding hydrogens is 360 g/mol. The fourth-order valence-electron chi connectivity index (χ4n) is 2.77. The van der Waals surface area contributed by atoms with Crippen molar-refractivity contribution >= 4 is 44.9 Å². The Morgan fingerprint density at radius 3 is 2.59 bits per heavy atom. The quantitative estimate of drug-likeness (QED) is 0.626. The third kappa shape index (κ3) is 4.62. The first kappa shape index (κ1) is 18.8. The standard InChI is InChI=1S/C20H22N4O2S/c1-11-5-7-16(12(2)9-11)23-20(26)24-19(25)13(3)21-15-6-8-17-18(10-15)27-14(4)22-17/h5-10,13,21H,1-4H3,(H2,23,24,25,26). The van der Waals surface area contributed by atoms with Crippen LogP contribution in [0.3, 0.4) is 0 Å². The number of anilines is 2. The summed E-state index contributed by atoms with van der Waals surface area (Å²) < 4.78 is 1.05. The number of fused-ring (bicyclic) bond motifs is 1. The van der Waals surface area contributed by atoms with Crippen molar-refractivity contribution in [3.63, 3.8) is 0 Å². The minimum atomic E-state index is -0.568. The monoisotopic (exact) mass is 382 g/mol. The van der Waals surface area contributed by atoms with Gasteiger partial charge in [-0.15, -0.1) is 11.3 Å². The van der Waals surface area contributed by atoms with Crippen LogP contribution in [0.4, 0.5) is 16.2 Å². The summed E-state index contributed by atoms with van der Waals surface area (Å²) in [6, 6.07) is 10.3. The molecule has 1 unspecified atom stereocenters. The summed E-state index contributed by atoms with van der Waals surface area (Å²) in [6.07, 6.45) is 0. The number of nitrogens with zero attached hydrogens (tertiary/aromatic N) is 1. The molecule has 7 heteroatoms. The highest BCUT2D eigenvalue weighted by Gasteiger charge is 2.16. The molecule has 6 nitrogen and oxygen atoms in total. The smallest absolute Gasteiger partial charge is 0.325 e. The van der Waals surface area contributed by atoms with Gasteiger partial charge in [0.25, 0.3) is 0 Å². The fourth-order valence-corrected chi connectivity index (χ4v) is 3.64. The molecule has 1 heterocycles. The molecule has 3 rings (SSSR count). The van der Waals surface area contributed by atoms with Crippen molar-refractivity contribution < 1.29 is 9.59 Å². The van der Waals surface area contributed by atoms with Crippen molar-refractivity contribution in [3.05, 3.63) is 52.5 Å². The lowest BCUT2D eigenvalue weighted by Gasteiger charge is -2.15. The number of aromatic nitrogens is 1. The lowest BCUT2D eigenvalue weighted by Crippen LogP contribution is -2.43. The predicted octanol–water partition coefficient (Wildman–Crippen LogP) is 4.37. The zero-order chi connectivity index (χ0) is 19.6. The van der Waals surface area contributed by atoms with E-state index < -0.39 is 18.0 Å². The van der Waals surface area contributed by atoms with E-state index in [1.807, 2.05) is 57.2 Å². The van der Waals surface area contributed by atoms with Gasteiger partial charge in [-0.1, -0.05) is 17.7 Å². The van der Waals surface area contributed by atoms with Crippen LogP contribution >= 0.6 is 11.3 Å². The molecule has 1 aromatic heterocycles. The van der Waals surface area contributed by atoms with Crippen LogP contribution in [0.15, 0.2) is 36.4 Å². The maximum Gasteiger partial charge on any atom is 0.325 e. The van der Waals surface area contributed by atoms with Crippen LogP contribution < -0.4 is 16.0 Å². The lowest BCUT2D eigenvalue weighted by molar-refractivity contribution is -0.120. The Balaban J connectivity index is 1.59. The van der Waals surface area contributed by atoms with E-state index in [9.17, 15) is 9.59 Å². The number of carbonyl (C=O) groups is 2. The van der Waals surface area contributed by atoms with Crippen molar-refractivity contribution in [1.29, 1.82) is 0 Å². The highest BCUT2D eigenvalue weighted by atomic mass is 32.1. The number of thiazole rings is 1. The Kier molecular flexibility index (Phi) is 5.41. The molecule has 0 saturated carbocycles. The van der Waals surface area contributed by atoms with E-state index in [1.165, 1.54) is 0 Å². The number of aryl methyl sites for hydroxylation is 3. The minimum Gasteiger partial charge on any atom is -0.374 e. The van der Waals surface area contributed by atoms with Crippen LogP contribution in [0.1, 0.15) is 23.1 Å². The second-order valence-electron chi connectivity index (χ2n) is 6.54. The predicted molar refractivity (Wildman–Crippen MR) is 111 cm³/mol. The topological polar surface area (TPSA) is 83.1 Å². The molecule has 0 spiro atoms. The fraction of sp³-hybridized carbons (Fsp3) is 0.250. The third-order valence-electron chi connectivity index (χ3n) is 4.14. The average Bonchev–Trinajstić information content (AvgIpc) is 2.96. The normalized spacial score (nSPS) is 11.9. The molecule has 0 fully saturated rings. The van der Waals surface area contributed by atoms with Crippen LogP contribution in [0.5, 0.6) is 0 Å². The van der Waals surface area contributed by atoms with Crippen LogP contribution in [0.25, 0.3) is 10.2 Å². The number of amides is 3. The van der Waals surface area contributed by atoms with Crippen LogP contribution in [-0.2, 0) is 4.79 Å². The second kappa shape index (κ2) is 7.75. The van der Waals surface area contributed by atoms with E-state index in [-0.39, 0.29) is 0 Å². The first-order valence-electron chi connectivity index (χ1n) is 8.64. The summed E-state index contributed by atoms with van der Waals surface area (Å²) in [5.74, 6) is -0.405. The number of imide groups is 1. The number of urea groups is 1. The molecule has 3 aromatic rings.